The second-order valence-corrected chi connectivity index (χ2v) is 6.72. The van der Waals surface area contributed by atoms with E-state index >= 15 is 0 Å². The molecule has 0 aliphatic rings. The molecular weight excluding hydrogens is 350 g/mol. The van der Waals surface area contributed by atoms with E-state index in [2.05, 4.69) is 4.99 Å². The molecule has 134 valence electrons. The van der Waals surface area contributed by atoms with Crippen molar-refractivity contribution in [2.45, 2.75) is 6.61 Å². The molecule has 0 bridgehead atoms. The highest BCUT2D eigenvalue weighted by atomic mass is 32.1. The van der Waals surface area contributed by atoms with E-state index in [-0.39, 0.29) is 5.96 Å². The summed E-state index contributed by atoms with van der Waals surface area (Å²) >= 11 is 1.62. The second kappa shape index (κ2) is 7.55. The minimum absolute atomic E-state index is 0.259. The molecule has 3 rings (SSSR count). The van der Waals surface area contributed by atoms with E-state index in [0.29, 0.717) is 12.2 Å². The van der Waals surface area contributed by atoms with Crippen molar-refractivity contribution in [3.8, 4) is 16.9 Å². The Balaban J connectivity index is 2.26. The number of hydrogen-bond acceptors (Lipinski definition) is 4. The summed E-state index contributed by atoms with van der Waals surface area (Å²) in [6.07, 6.45) is 0. The van der Waals surface area contributed by atoms with Gasteiger partial charge in [-0.2, -0.15) is 4.99 Å². The van der Waals surface area contributed by atoms with Crippen LogP contribution in [0.2, 0.25) is 0 Å². The summed E-state index contributed by atoms with van der Waals surface area (Å²) in [5.74, 6) is 0.0216. The zero-order valence-corrected chi connectivity index (χ0v) is 15.3. The summed E-state index contributed by atoms with van der Waals surface area (Å²) in [7, 11) is 3.29. The predicted molar refractivity (Wildman–Crippen MR) is 105 cm³/mol. The fourth-order valence-electron chi connectivity index (χ4n) is 2.84. The van der Waals surface area contributed by atoms with Crippen molar-refractivity contribution in [2.75, 3.05) is 14.2 Å². The van der Waals surface area contributed by atoms with Crippen LogP contribution in [-0.4, -0.2) is 26.1 Å². The van der Waals surface area contributed by atoms with Crippen LogP contribution in [0.1, 0.15) is 15.2 Å². The van der Waals surface area contributed by atoms with Gasteiger partial charge in [0.2, 0.25) is 0 Å². The van der Waals surface area contributed by atoms with Gasteiger partial charge in [0.25, 0.3) is 5.91 Å². The van der Waals surface area contributed by atoms with Crippen molar-refractivity contribution in [1.82, 2.24) is 0 Å². The number of carbonyl (C=O) groups excluding carboxylic acids is 1. The monoisotopic (exact) mass is 369 g/mol. The van der Waals surface area contributed by atoms with Gasteiger partial charge in [0.1, 0.15) is 5.75 Å². The van der Waals surface area contributed by atoms with Gasteiger partial charge in [-0.15, -0.1) is 11.3 Å². The lowest BCUT2D eigenvalue weighted by Crippen LogP contribution is -2.24. The van der Waals surface area contributed by atoms with Crippen molar-refractivity contribution in [1.29, 1.82) is 0 Å². The van der Waals surface area contributed by atoms with Gasteiger partial charge in [-0.1, -0.05) is 18.2 Å². The summed E-state index contributed by atoms with van der Waals surface area (Å²) in [6, 6.07) is 13.2. The van der Waals surface area contributed by atoms with Crippen molar-refractivity contribution in [3.05, 3.63) is 52.9 Å². The number of aliphatic imine (C=N–C) groups is 1. The van der Waals surface area contributed by atoms with E-state index in [9.17, 15) is 4.79 Å². The molecule has 6 nitrogen and oxygen atoms in total. The molecule has 0 radical (unpaired) electrons. The summed E-state index contributed by atoms with van der Waals surface area (Å²) in [4.78, 5) is 16.9. The number of ether oxygens (including phenoxy) is 2. The third-order valence-corrected chi connectivity index (χ3v) is 5.03. The smallest absolute Gasteiger partial charge is 0.280 e. The molecule has 0 unspecified atom stereocenters. The number of methoxy groups -OCH3 is 2. The zero-order chi connectivity index (χ0) is 18.7. The Morgan fingerprint density at radius 3 is 2.62 bits per heavy atom. The van der Waals surface area contributed by atoms with E-state index in [1.54, 1.807) is 31.6 Å². The normalized spacial score (nSPS) is 10.7. The molecule has 0 aliphatic carbocycles. The van der Waals surface area contributed by atoms with Gasteiger partial charge in [-0.05, 0) is 24.3 Å². The standard InChI is InChI=1S/C19H19N3O3S/c1-24-10-16-17(12-5-3-4-6-14(12)25-2)13-9-11(7-8-15(13)26-16)18(23)22-19(20)21/h3-9H,10H2,1-2H3,(H4,20,21,22,23). The number of nitrogens with zero attached hydrogens (tertiary/aromatic N) is 1. The average Bonchev–Trinajstić information content (AvgIpc) is 2.98. The molecule has 0 aliphatic heterocycles. The summed E-state index contributed by atoms with van der Waals surface area (Å²) in [5, 5.41) is 0.934. The Morgan fingerprint density at radius 2 is 1.92 bits per heavy atom. The molecule has 1 amide bonds. The van der Waals surface area contributed by atoms with Crippen LogP contribution in [-0.2, 0) is 11.3 Å². The van der Waals surface area contributed by atoms with E-state index in [0.717, 1.165) is 31.8 Å². The van der Waals surface area contributed by atoms with Crippen LogP contribution in [0.4, 0.5) is 0 Å². The average molecular weight is 369 g/mol. The minimum atomic E-state index is -0.475. The number of hydrogen-bond donors (Lipinski definition) is 2. The van der Waals surface area contributed by atoms with Crippen molar-refractivity contribution in [2.24, 2.45) is 16.5 Å². The molecule has 1 aromatic heterocycles. The number of fused-ring (bicyclic) bond motifs is 1. The Hall–Kier alpha value is -2.90. The highest BCUT2D eigenvalue weighted by Crippen LogP contribution is 2.43. The van der Waals surface area contributed by atoms with Crippen LogP contribution < -0.4 is 16.2 Å². The predicted octanol–water partition coefficient (Wildman–Crippen LogP) is 3.14. The molecule has 1 heterocycles. The van der Waals surface area contributed by atoms with Crippen molar-refractivity contribution >= 4 is 33.3 Å². The van der Waals surface area contributed by atoms with Crippen LogP contribution in [0.25, 0.3) is 21.2 Å². The topological polar surface area (TPSA) is 99.9 Å². The van der Waals surface area contributed by atoms with Crippen LogP contribution in [0.5, 0.6) is 5.75 Å². The SMILES string of the molecule is COCc1sc2ccc(C(=O)N=C(N)N)cc2c1-c1ccccc1OC. The number of benzene rings is 2. The maximum Gasteiger partial charge on any atom is 0.280 e. The van der Waals surface area contributed by atoms with E-state index < -0.39 is 5.91 Å². The second-order valence-electron chi connectivity index (χ2n) is 5.59. The van der Waals surface area contributed by atoms with E-state index in [1.165, 1.54) is 0 Å². The lowest BCUT2D eigenvalue weighted by molar-refractivity contribution is 0.100. The molecule has 26 heavy (non-hydrogen) atoms. The molecule has 0 saturated heterocycles. The number of amides is 1. The Bertz CT molecular complexity index is 991. The summed E-state index contributed by atoms with van der Waals surface area (Å²) < 4.78 is 11.9. The van der Waals surface area contributed by atoms with Crippen molar-refractivity contribution in [3.63, 3.8) is 0 Å². The molecule has 0 atom stereocenters. The van der Waals surface area contributed by atoms with Crippen LogP contribution in [0.3, 0.4) is 0 Å². The number of thiophene rings is 1. The van der Waals surface area contributed by atoms with Crippen LogP contribution in [0, 0.1) is 0 Å². The van der Waals surface area contributed by atoms with Gasteiger partial charge in [0, 0.05) is 38.8 Å². The number of carbonyl (C=O) groups is 1. The number of rotatable bonds is 5. The van der Waals surface area contributed by atoms with Gasteiger partial charge in [-0.3, -0.25) is 4.79 Å². The zero-order valence-electron chi connectivity index (χ0n) is 14.5. The molecule has 7 heteroatoms. The molecule has 4 N–H and O–H groups in total. The molecule has 0 spiro atoms. The Kier molecular flexibility index (Phi) is 5.20. The minimum Gasteiger partial charge on any atom is -0.496 e. The number of nitrogens with two attached hydrogens (primary N) is 2. The third-order valence-electron chi connectivity index (χ3n) is 3.89. The van der Waals surface area contributed by atoms with Crippen LogP contribution >= 0.6 is 11.3 Å². The summed E-state index contributed by atoms with van der Waals surface area (Å²) in [6.45, 7) is 0.462. The lowest BCUT2D eigenvalue weighted by atomic mass is 9.99. The summed E-state index contributed by atoms with van der Waals surface area (Å²) in [5.41, 5.74) is 13.0. The van der Waals surface area contributed by atoms with Gasteiger partial charge in [0.05, 0.1) is 13.7 Å². The first-order chi connectivity index (χ1) is 12.5. The van der Waals surface area contributed by atoms with E-state index in [1.807, 2.05) is 36.4 Å². The Labute approximate surface area is 155 Å². The largest absolute Gasteiger partial charge is 0.496 e. The van der Waals surface area contributed by atoms with Gasteiger partial charge in [-0.25, -0.2) is 0 Å². The Morgan fingerprint density at radius 1 is 1.15 bits per heavy atom. The van der Waals surface area contributed by atoms with Crippen molar-refractivity contribution < 1.29 is 14.3 Å². The quantitative estimate of drug-likeness (QED) is 0.532. The highest BCUT2D eigenvalue weighted by molar-refractivity contribution is 7.19. The van der Waals surface area contributed by atoms with Crippen LogP contribution in [0.15, 0.2) is 47.5 Å². The first kappa shape index (κ1) is 17.9. The fourth-order valence-corrected chi connectivity index (χ4v) is 4.01. The molecule has 2 aromatic carbocycles. The number of para-hydroxylation sites is 1. The maximum atomic E-state index is 12.2. The molecule has 3 aromatic rings. The molecule has 0 saturated carbocycles. The first-order valence-corrected chi connectivity index (χ1v) is 8.68. The molecule has 0 fully saturated rings. The third kappa shape index (κ3) is 3.40. The fraction of sp³-hybridized carbons (Fsp3) is 0.158. The maximum absolute atomic E-state index is 12.2. The highest BCUT2D eigenvalue weighted by Gasteiger charge is 2.18. The molecular formula is C19H19N3O3S. The first-order valence-electron chi connectivity index (χ1n) is 7.87. The number of guanidine groups is 1. The van der Waals surface area contributed by atoms with Gasteiger partial charge >= 0.3 is 0 Å². The lowest BCUT2D eigenvalue weighted by Gasteiger charge is -2.10. The van der Waals surface area contributed by atoms with E-state index in [4.69, 9.17) is 20.9 Å². The van der Waals surface area contributed by atoms with Gasteiger partial charge < -0.3 is 20.9 Å². The van der Waals surface area contributed by atoms with Gasteiger partial charge in [0.15, 0.2) is 5.96 Å².